The maximum atomic E-state index is 2.70. The van der Waals surface area contributed by atoms with Crippen LogP contribution in [0.25, 0.3) is 0 Å². The van der Waals surface area contributed by atoms with Gasteiger partial charge in [-0.25, -0.2) is 0 Å². The summed E-state index contributed by atoms with van der Waals surface area (Å²) in [6, 6.07) is 34.7. The van der Waals surface area contributed by atoms with Gasteiger partial charge in [0.1, 0.15) is 0 Å². The van der Waals surface area contributed by atoms with Crippen molar-refractivity contribution in [1.82, 2.24) is 0 Å². The zero-order valence-corrected chi connectivity index (χ0v) is 27.2. The lowest BCUT2D eigenvalue weighted by molar-refractivity contribution is 0.493. The lowest BCUT2D eigenvalue weighted by Crippen LogP contribution is -2.33. The molecule has 0 saturated heterocycles. The summed E-state index contributed by atoms with van der Waals surface area (Å²) in [7, 11) is -0.461. The number of rotatable bonds is 18. The Balaban J connectivity index is 1.98. The van der Waals surface area contributed by atoms with Crippen LogP contribution in [-0.4, -0.2) is 37.0 Å². The summed E-state index contributed by atoms with van der Waals surface area (Å²) in [6.45, 7) is 9.77. The van der Waals surface area contributed by atoms with E-state index in [1.165, 1.54) is 75.5 Å². The molecule has 3 aromatic carbocycles. The van der Waals surface area contributed by atoms with Gasteiger partial charge in [0.2, 0.25) is 0 Å². The van der Waals surface area contributed by atoms with Crippen LogP contribution in [0, 0.1) is 5.41 Å². The first-order valence-electron chi connectivity index (χ1n) is 15.0. The monoisotopic (exact) mass is 564 g/mol. The van der Waals surface area contributed by atoms with Gasteiger partial charge in [-0.1, -0.05) is 162 Å². The molecular formula is C35H51P3. The fraction of sp³-hybridized carbons (Fsp3) is 0.486. The van der Waals surface area contributed by atoms with Crippen LogP contribution in [0.5, 0.6) is 0 Å². The zero-order chi connectivity index (χ0) is 27.1. The van der Waals surface area contributed by atoms with Crippen LogP contribution in [-0.2, 0) is 0 Å². The van der Waals surface area contributed by atoms with Gasteiger partial charge in [0.15, 0.2) is 0 Å². The third kappa shape index (κ3) is 10.5. The average molecular weight is 565 g/mol. The highest BCUT2D eigenvalue weighted by molar-refractivity contribution is 7.67. The van der Waals surface area contributed by atoms with Crippen LogP contribution in [0.15, 0.2) is 91.0 Å². The highest BCUT2D eigenvalue weighted by Gasteiger charge is 2.34. The zero-order valence-electron chi connectivity index (χ0n) is 24.5. The van der Waals surface area contributed by atoms with E-state index in [0.29, 0.717) is 5.41 Å². The second kappa shape index (κ2) is 17.6. The number of hydrogen-bond donors (Lipinski definition) is 0. The molecule has 0 heterocycles. The lowest BCUT2D eigenvalue weighted by Gasteiger charge is -2.40. The molecule has 0 N–H and O–H groups in total. The Kier molecular flexibility index (Phi) is 14.6. The maximum absolute atomic E-state index is 2.70. The molecule has 0 fully saturated rings. The normalized spacial score (nSPS) is 15.5. The molecule has 0 aromatic heterocycles. The molecule has 3 atom stereocenters. The molecule has 0 radical (unpaired) electrons. The van der Waals surface area contributed by atoms with Crippen molar-refractivity contribution >= 4 is 39.7 Å². The van der Waals surface area contributed by atoms with Crippen molar-refractivity contribution in [3.63, 3.8) is 0 Å². The number of unbranched alkanes of at least 4 members (excludes halogenated alkanes) is 3. The fourth-order valence-corrected chi connectivity index (χ4v) is 15.0. The molecule has 3 heteroatoms. The van der Waals surface area contributed by atoms with Crippen molar-refractivity contribution in [2.24, 2.45) is 5.41 Å². The van der Waals surface area contributed by atoms with Crippen LogP contribution in [0.2, 0.25) is 0 Å². The van der Waals surface area contributed by atoms with Gasteiger partial charge in [0, 0.05) is 0 Å². The van der Waals surface area contributed by atoms with Crippen molar-refractivity contribution in [2.75, 3.05) is 37.0 Å². The second-order valence-electron chi connectivity index (χ2n) is 11.1. The van der Waals surface area contributed by atoms with Crippen LogP contribution in [0.3, 0.4) is 0 Å². The molecule has 0 aliphatic heterocycles. The predicted octanol–water partition coefficient (Wildman–Crippen LogP) is 9.82. The first-order chi connectivity index (χ1) is 18.6. The smallest absolute Gasteiger partial charge is 0.0199 e. The van der Waals surface area contributed by atoms with E-state index < -0.39 is 0 Å². The minimum Gasteiger partial charge on any atom is -0.0747 e. The van der Waals surface area contributed by atoms with Gasteiger partial charge in [-0.3, -0.25) is 0 Å². The third-order valence-electron chi connectivity index (χ3n) is 7.43. The largest absolute Gasteiger partial charge is 0.0747 e. The highest BCUT2D eigenvalue weighted by atomic mass is 31.1. The SMILES string of the molecule is CCCCP(CC(C)(CP(CCCC)c1ccccc1)CP(CCCC)c1ccccc1)c1ccccc1. The molecule has 0 aliphatic rings. The third-order valence-corrected chi connectivity index (χ3v) is 16.5. The summed E-state index contributed by atoms with van der Waals surface area (Å²) in [6.07, 6.45) is 16.2. The van der Waals surface area contributed by atoms with E-state index in [4.69, 9.17) is 0 Å². The van der Waals surface area contributed by atoms with Crippen LogP contribution < -0.4 is 15.9 Å². The van der Waals surface area contributed by atoms with Gasteiger partial charge in [-0.15, -0.1) is 0 Å². The van der Waals surface area contributed by atoms with Gasteiger partial charge in [0.05, 0.1) is 0 Å². The number of benzene rings is 3. The minimum atomic E-state index is -0.154. The van der Waals surface area contributed by atoms with Gasteiger partial charge in [-0.05, 0) is 77.6 Å². The Morgan fingerprint density at radius 1 is 0.447 bits per heavy atom. The second-order valence-corrected chi connectivity index (χ2v) is 18.2. The van der Waals surface area contributed by atoms with Crippen LogP contribution in [0.4, 0.5) is 0 Å². The molecule has 0 amide bonds. The Bertz CT molecular complexity index is 860. The van der Waals surface area contributed by atoms with E-state index in [0.717, 1.165) is 0 Å². The topological polar surface area (TPSA) is 0 Å². The van der Waals surface area contributed by atoms with Crippen LogP contribution >= 0.6 is 23.8 Å². The molecule has 0 aliphatic carbocycles. The van der Waals surface area contributed by atoms with E-state index in [9.17, 15) is 0 Å². The Hall–Kier alpha value is -1.05. The summed E-state index contributed by atoms with van der Waals surface area (Å²) in [5.41, 5.74) is 0.361. The molecule has 3 unspecified atom stereocenters. The molecule has 206 valence electrons. The summed E-state index contributed by atoms with van der Waals surface area (Å²) in [5.74, 6) is 0. The van der Waals surface area contributed by atoms with E-state index in [1.54, 1.807) is 15.9 Å². The van der Waals surface area contributed by atoms with Crippen LogP contribution in [0.1, 0.15) is 66.2 Å². The van der Waals surface area contributed by atoms with Gasteiger partial charge >= 0.3 is 0 Å². The van der Waals surface area contributed by atoms with E-state index in [1.807, 2.05) is 0 Å². The summed E-state index contributed by atoms with van der Waals surface area (Å²) < 4.78 is 0. The maximum Gasteiger partial charge on any atom is -0.0199 e. The van der Waals surface area contributed by atoms with E-state index in [2.05, 4.69) is 119 Å². The average Bonchev–Trinajstić information content (AvgIpc) is 2.97. The predicted molar refractivity (Wildman–Crippen MR) is 181 cm³/mol. The first-order valence-corrected chi connectivity index (χ1v) is 20.1. The molecule has 0 nitrogen and oxygen atoms in total. The molecule has 0 saturated carbocycles. The van der Waals surface area contributed by atoms with E-state index >= 15 is 0 Å². The molecule has 3 aromatic rings. The molecular weight excluding hydrogens is 513 g/mol. The van der Waals surface area contributed by atoms with Crippen molar-refractivity contribution in [1.29, 1.82) is 0 Å². The standard InChI is InChI=1S/C35H51P3/c1-5-8-26-36(32-20-14-11-15-21-32)29-35(4,30-37(27-9-6-2)33-22-16-12-17-23-33)31-38(28-10-7-3)34-24-18-13-19-25-34/h11-25H,5-10,26-31H2,1-4H3. The molecule has 0 bridgehead atoms. The van der Waals surface area contributed by atoms with E-state index in [-0.39, 0.29) is 23.8 Å². The Labute approximate surface area is 238 Å². The fourth-order valence-electron chi connectivity index (χ4n) is 5.39. The van der Waals surface area contributed by atoms with Crippen molar-refractivity contribution in [3.8, 4) is 0 Å². The number of hydrogen-bond acceptors (Lipinski definition) is 0. The van der Waals surface area contributed by atoms with Gasteiger partial charge < -0.3 is 0 Å². The Morgan fingerprint density at radius 2 is 0.711 bits per heavy atom. The van der Waals surface area contributed by atoms with Crippen molar-refractivity contribution in [3.05, 3.63) is 91.0 Å². The molecule has 38 heavy (non-hydrogen) atoms. The lowest BCUT2D eigenvalue weighted by atomic mass is 9.99. The summed E-state index contributed by atoms with van der Waals surface area (Å²) >= 11 is 0. The molecule has 0 spiro atoms. The highest BCUT2D eigenvalue weighted by Crippen LogP contribution is 2.53. The molecule has 3 rings (SSSR count). The first kappa shape index (κ1) is 31.5. The summed E-state index contributed by atoms with van der Waals surface area (Å²) in [4.78, 5) is 0. The quantitative estimate of drug-likeness (QED) is 0.135. The Morgan fingerprint density at radius 3 is 0.947 bits per heavy atom. The van der Waals surface area contributed by atoms with Gasteiger partial charge in [-0.2, -0.15) is 0 Å². The van der Waals surface area contributed by atoms with Crippen molar-refractivity contribution < 1.29 is 0 Å². The van der Waals surface area contributed by atoms with Gasteiger partial charge in [0.25, 0.3) is 0 Å². The minimum absolute atomic E-state index is 0.154. The summed E-state index contributed by atoms with van der Waals surface area (Å²) in [5, 5.41) is 4.87. The van der Waals surface area contributed by atoms with Crippen molar-refractivity contribution in [2.45, 2.75) is 66.2 Å².